The molecule has 0 bridgehead atoms. The zero-order valence-electron chi connectivity index (χ0n) is 49.1. The summed E-state index contributed by atoms with van der Waals surface area (Å²) in [6.45, 7) is 23.2. The Morgan fingerprint density at radius 3 is 0.667 bits per heavy atom. The van der Waals surface area contributed by atoms with E-state index in [1.54, 1.807) is 0 Å². The first-order valence-corrected chi connectivity index (χ1v) is 25.9. The van der Waals surface area contributed by atoms with Crippen LogP contribution in [0.5, 0.6) is 0 Å². The molecule has 3 heterocycles. The smallest absolute Gasteiger partial charge is 0.303 e. The molecule has 3 fully saturated rings. The van der Waals surface area contributed by atoms with Crippen LogP contribution in [0.2, 0.25) is 0 Å². The van der Waals surface area contributed by atoms with Crippen molar-refractivity contribution in [2.45, 2.75) is 157 Å². The lowest BCUT2D eigenvalue weighted by Crippen LogP contribution is -2.58. The highest BCUT2D eigenvalue weighted by molar-refractivity contribution is 5.70. The average Bonchev–Trinajstić information content (AvgIpc) is 3.30. The van der Waals surface area contributed by atoms with E-state index < -0.39 is 128 Å². The predicted molar refractivity (Wildman–Crippen MR) is 270 cm³/mol. The maximum Gasteiger partial charge on any atom is 0.303 e. The van der Waals surface area contributed by atoms with Crippen molar-refractivity contribution in [2.75, 3.05) is 121 Å². The van der Waals surface area contributed by atoms with Crippen LogP contribution < -0.4 is 0 Å². The Hall–Kier alpha value is -5.13. The van der Waals surface area contributed by atoms with Crippen LogP contribution >= 0.6 is 0 Å². The van der Waals surface area contributed by atoms with Gasteiger partial charge < -0.3 is 84.5 Å². The highest BCUT2D eigenvalue weighted by Crippen LogP contribution is 2.28. The first kappa shape index (κ1) is 70.9. The van der Waals surface area contributed by atoms with Gasteiger partial charge in [0.2, 0.25) is 0 Å². The maximum absolute atomic E-state index is 11.5. The average molecular weight is 1130 g/mol. The Balaban J connectivity index is 0.000000585. The lowest BCUT2D eigenvalue weighted by molar-refractivity contribution is -0.889. The summed E-state index contributed by atoms with van der Waals surface area (Å²) in [4.78, 5) is 103. The topological polar surface area (TPSA) is 292 Å². The summed E-state index contributed by atoms with van der Waals surface area (Å²) in [5.74, 6) is -5.19. The van der Waals surface area contributed by atoms with E-state index >= 15 is 0 Å². The normalized spacial score (nSPS) is 26.1. The third-order valence-corrected chi connectivity index (χ3v) is 12.4. The minimum Gasteiger partial charge on any atom is -0.456 e. The van der Waals surface area contributed by atoms with E-state index in [0.29, 0.717) is 19.8 Å². The Morgan fingerprint density at radius 1 is 0.321 bits per heavy atom. The van der Waals surface area contributed by atoms with Gasteiger partial charge in [-0.1, -0.05) is 0 Å². The number of carbonyl (C=O) groups excluding carboxylic acids is 9. The lowest BCUT2D eigenvalue weighted by atomic mass is 10.0. The van der Waals surface area contributed by atoms with Gasteiger partial charge in [-0.05, 0) is 20.8 Å². The molecule has 3 saturated heterocycles. The molecule has 0 N–H and O–H groups in total. The van der Waals surface area contributed by atoms with Crippen molar-refractivity contribution in [3.8, 4) is 0 Å². The van der Waals surface area contributed by atoms with Crippen LogP contribution in [0, 0.1) is 0 Å². The number of hydrogen-bond acceptors (Lipinski definition) is 24. The van der Waals surface area contributed by atoms with Gasteiger partial charge in [0.1, 0.15) is 19.6 Å². The summed E-state index contributed by atoms with van der Waals surface area (Å²) >= 11 is 0. The van der Waals surface area contributed by atoms with Gasteiger partial charge in [0.15, 0.2) is 73.8 Å². The molecular weight excluding hydrogens is 1040 g/mol. The number of esters is 9. The minimum absolute atomic E-state index is 0.0357. The third kappa shape index (κ3) is 27.6. The van der Waals surface area contributed by atoms with Crippen molar-refractivity contribution in [2.24, 2.45) is 0 Å². The standard InChI is InChI=1S/3C17H30NO8/c3*1-7-18(5,6)8-9-22-17-16(26-13(4)21)15(25-12(3)20)14(10-23-17)24-11(2)19/h3*14-17H,7-10H2,1-6H3/q3*+1/t14-,15+,16-,17+;14-,15-,16+,17?;14-,15-,16+,17+/m100/s1. The quantitative estimate of drug-likeness (QED) is 0.0732. The molecule has 1 unspecified atom stereocenters. The van der Waals surface area contributed by atoms with Gasteiger partial charge in [-0.25, -0.2) is 0 Å². The van der Waals surface area contributed by atoms with Gasteiger partial charge in [0, 0.05) is 62.3 Å². The van der Waals surface area contributed by atoms with Crippen LogP contribution in [-0.2, 0) is 114 Å². The maximum atomic E-state index is 11.5. The van der Waals surface area contributed by atoms with E-state index in [0.717, 1.165) is 52.7 Å². The predicted octanol–water partition coefficient (Wildman–Crippen LogP) is 0.752. The second kappa shape index (κ2) is 34.1. The Kier molecular flexibility index (Phi) is 31.0. The van der Waals surface area contributed by atoms with Crippen molar-refractivity contribution < 1.29 is 128 Å². The Bertz CT molecular complexity index is 1730. The van der Waals surface area contributed by atoms with Gasteiger partial charge in [0.25, 0.3) is 0 Å². The van der Waals surface area contributed by atoms with E-state index in [9.17, 15) is 43.2 Å². The molecule has 0 aliphatic carbocycles. The molecule has 0 spiro atoms. The second-order valence-electron chi connectivity index (χ2n) is 20.5. The van der Waals surface area contributed by atoms with Gasteiger partial charge >= 0.3 is 53.7 Å². The van der Waals surface area contributed by atoms with Crippen molar-refractivity contribution in [3.63, 3.8) is 0 Å². The number of likely N-dealkylation sites (N-methyl/N-ethyl adjacent to an activating group) is 3. The molecule has 0 aromatic heterocycles. The van der Waals surface area contributed by atoms with Gasteiger partial charge in [-0.3, -0.25) is 43.2 Å². The van der Waals surface area contributed by atoms with E-state index in [4.69, 9.17) is 71.1 Å². The van der Waals surface area contributed by atoms with Gasteiger partial charge in [-0.2, -0.15) is 0 Å². The number of nitrogens with zero attached hydrogens (tertiary/aromatic N) is 3. The monoisotopic (exact) mass is 1130 g/mol. The van der Waals surface area contributed by atoms with Crippen LogP contribution in [0.25, 0.3) is 0 Å². The first-order valence-electron chi connectivity index (χ1n) is 25.9. The number of ether oxygens (including phenoxy) is 15. The molecule has 0 aromatic carbocycles. The fourth-order valence-corrected chi connectivity index (χ4v) is 7.28. The lowest BCUT2D eigenvalue weighted by Gasteiger charge is -2.40. The molecule has 3 rings (SSSR count). The van der Waals surface area contributed by atoms with Crippen LogP contribution in [0.3, 0.4) is 0 Å². The highest BCUT2D eigenvalue weighted by atomic mass is 16.7. The minimum atomic E-state index is -1.04. The number of rotatable bonds is 24. The van der Waals surface area contributed by atoms with E-state index in [1.165, 1.54) is 62.3 Å². The molecule has 27 nitrogen and oxygen atoms in total. The number of hydrogen-bond donors (Lipinski definition) is 0. The molecule has 450 valence electrons. The fraction of sp³-hybridized carbons (Fsp3) is 0.824. The zero-order valence-corrected chi connectivity index (χ0v) is 49.1. The third-order valence-electron chi connectivity index (χ3n) is 12.4. The second-order valence-corrected chi connectivity index (χ2v) is 20.5. The number of quaternary nitrogens is 3. The van der Waals surface area contributed by atoms with E-state index in [2.05, 4.69) is 63.1 Å². The zero-order chi connectivity index (χ0) is 59.7. The molecule has 0 saturated carbocycles. The van der Waals surface area contributed by atoms with Gasteiger partial charge in [0.05, 0.1) is 102 Å². The Labute approximate surface area is 458 Å². The summed E-state index contributed by atoms with van der Waals surface area (Å²) in [6.07, 6.45) is -11.6. The summed E-state index contributed by atoms with van der Waals surface area (Å²) in [6, 6.07) is 0. The van der Waals surface area contributed by atoms with Crippen molar-refractivity contribution in [3.05, 3.63) is 0 Å². The van der Waals surface area contributed by atoms with Crippen LogP contribution in [0.4, 0.5) is 0 Å². The summed E-state index contributed by atoms with van der Waals surface area (Å²) in [5, 5.41) is 0. The van der Waals surface area contributed by atoms with Crippen LogP contribution in [0.1, 0.15) is 83.1 Å². The van der Waals surface area contributed by atoms with Crippen LogP contribution in [-0.4, -0.2) is 262 Å². The molecule has 0 aromatic rings. The summed E-state index contributed by atoms with van der Waals surface area (Å²) in [7, 11) is 12.4. The molecule has 3 aliphatic heterocycles. The largest absolute Gasteiger partial charge is 0.456 e. The SMILES string of the molecule is CC[N+](C)(C)CCOC1OC[C@H](OC(C)=O)[C@H](OC(C)=O)[C@H]1OC(C)=O.CC[N+](C)(C)CCO[C@@H]1OC[C@H](OC(C)=O)[C@H](OC(C)=O)[C@H]1OC(C)=O.CC[N+](C)(C)CCO[C@H]1OC[C@@H](OC(C)=O)[C@H](OC(C)=O)[C@H]1OC(C)=O. The molecule has 0 radical (unpaired) electrons. The first-order chi connectivity index (χ1) is 36.2. The summed E-state index contributed by atoms with van der Waals surface area (Å²) in [5.41, 5.74) is 0. The summed E-state index contributed by atoms with van der Waals surface area (Å²) < 4.78 is 83.3. The van der Waals surface area contributed by atoms with E-state index in [-0.39, 0.29) is 19.8 Å². The van der Waals surface area contributed by atoms with Crippen molar-refractivity contribution in [1.82, 2.24) is 0 Å². The molecule has 78 heavy (non-hydrogen) atoms. The Morgan fingerprint density at radius 2 is 0.500 bits per heavy atom. The van der Waals surface area contributed by atoms with Crippen molar-refractivity contribution in [1.29, 1.82) is 0 Å². The van der Waals surface area contributed by atoms with Crippen molar-refractivity contribution >= 4 is 53.7 Å². The van der Waals surface area contributed by atoms with E-state index in [1.807, 2.05) is 0 Å². The highest BCUT2D eigenvalue weighted by Gasteiger charge is 2.50. The van der Waals surface area contributed by atoms with Crippen LogP contribution in [0.15, 0.2) is 0 Å². The van der Waals surface area contributed by atoms with Gasteiger partial charge in [-0.15, -0.1) is 0 Å². The molecular formula is C51H90N3O24+3. The molecule has 3 aliphatic rings. The number of carbonyl (C=O) groups is 9. The molecule has 27 heteroatoms. The molecule has 12 atom stereocenters. The molecule has 0 amide bonds. The fourth-order valence-electron chi connectivity index (χ4n) is 7.28.